The number of nitrogens with two attached hydrogens (primary N) is 1. The lowest BCUT2D eigenvalue weighted by Crippen LogP contribution is -2.29. The van der Waals surface area contributed by atoms with E-state index in [1.54, 1.807) is 0 Å². The van der Waals surface area contributed by atoms with Crippen LogP contribution in [0.15, 0.2) is 24.3 Å². The van der Waals surface area contributed by atoms with Crippen LogP contribution in [0.25, 0.3) is 0 Å². The van der Waals surface area contributed by atoms with Crippen molar-refractivity contribution in [2.75, 3.05) is 26.4 Å². The minimum Gasteiger partial charge on any atom is -0.462 e. The lowest BCUT2D eigenvalue weighted by atomic mass is 10.1. The molecule has 0 spiro atoms. The number of phosphoric acid groups is 1. The van der Waals surface area contributed by atoms with Gasteiger partial charge in [-0.2, -0.15) is 0 Å². The summed E-state index contributed by atoms with van der Waals surface area (Å²) in [5.74, 6) is -0.859. The molecule has 0 aromatic carbocycles. The van der Waals surface area contributed by atoms with Crippen LogP contribution in [0.2, 0.25) is 0 Å². The largest absolute Gasteiger partial charge is 0.472 e. The lowest BCUT2D eigenvalue weighted by molar-refractivity contribution is -0.161. The standard InChI is InChI=1S/C37H70NO8P/c1-3-5-7-9-11-13-15-16-17-18-20-22-24-26-28-30-37(40)46-35(34-45-47(41,42)44-32-31-38)33-43-36(39)29-27-25-23-21-19-14-12-10-8-6-4-2/h10,12,18,20,35H,3-9,11,13-17,19,21-34,38H2,1-2H3,(H,41,42)/b12-10+,20-18+/t35-/m1/s1. The zero-order valence-corrected chi connectivity index (χ0v) is 30.9. The highest BCUT2D eigenvalue weighted by Crippen LogP contribution is 2.43. The molecule has 0 rings (SSSR count). The summed E-state index contributed by atoms with van der Waals surface area (Å²) >= 11 is 0. The molecule has 0 fully saturated rings. The minimum absolute atomic E-state index is 0.0507. The van der Waals surface area contributed by atoms with Gasteiger partial charge in [0.15, 0.2) is 6.10 Å². The van der Waals surface area contributed by atoms with Gasteiger partial charge >= 0.3 is 19.8 Å². The molecule has 9 nitrogen and oxygen atoms in total. The van der Waals surface area contributed by atoms with Crippen LogP contribution in [-0.2, 0) is 32.7 Å². The number of unbranched alkanes of at least 4 members (excludes halogenated alkanes) is 18. The van der Waals surface area contributed by atoms with Crippen molar-refractivity contribution in [1.82, 2.24) is 0 Å². The van der Waals surface area contributed by atoms with Crippen molar-refractivity contribution in [3.8, 4) is 0 Å². The summed E-state index contributed by atoms with van der Waals surface area (Å²) in [4.78, 5) is 34.6. The molecule has 2 atom stereocenters. The molecule has 1 unspecified atom stereocenters. The van der Waals surface area contributed by atoms with Gasteiger partial charge in [0.05, 0.1) is 13.2 Å². The number of hydrogen-bond acceptors (Lipinski definition) is 8. The molecule has 0 saturated heterocycles. The smallest absolute Gasteiger partial charge is 0.462 e. The first-order chi connectivity index (χ1) is 22.8. The highest BCUT2D eigenvalue weighted by Gasteiger charge is 2.25. The molecule has 0 heterocycles. The van der Waals surface area contributed by atoms with Crippen LogP contribution in [0.5, 0.6) is 0 Å². The number of esters is 2. The third kappa shape index (κ3) is 34.2. The fourth-order valence-corrected chi connectivity index (χ4v) is 5.73. The Morgan fingerprint density at radius 3 is 1.60 bits per heavy atom. The molecule has 0 aromatic heterocycles. The number of rotatable bonds is 35. The van der Waals surface area contributed by atoms with E-state index in [9.17, 15) is 19.0 Å². The Hall–Kier alpha value is -1.51. The highest BCUT2D eigenvalue weighted by molar-refractivity contribution is 7.47. The first-order valence-corrected chi connectivity index (χ1v) is 20.3. The van der Waals surface area contributed by atoms with Gasteiger partial charge in [-0.05, 0) is 57.8 Å². The number of phosphoric ester groups is 1. The van der Waals surface area contributed by atoms with E-state index in [4.69, 9.17) is 24.3 Å². The van der Waals surface area contributed by atoms with Crippen LogP contribution in [0, 0.1) is 0 Å². The van der Waals surface area contributed by atoms with Gasteiger partial charge in [0.1, 0.15) is 6.61 Å². The maximum absolute atomic E-state index is 12.5. The van der Waals surface area contributed by atoms with E-state index in [2.05, 4.69) is 38.2 Å². The molecule has 0 aromatic rings. The number of ether oxygens (including phenoxy) is 2. The normalized spacial score (nSPS) is 13.7. The molecular formula is C37H70NO8P. The van der Waals surface area contributed by atoms with Crippen LogP contribution in [0.1, 0.15) is 168 Å². The first-order valence-electron chi connectivity index (χ1n) is 18.8. The molecular weight excluding hydrogens is 617 g/mol. The number of allylic oxidation sites excluding steroid dienone is 4. The van der Waals surface area contributed by atoms with E-state index in [0.717, 1.165) is 70.6 Å². The quantitative estimate of drug-likeness (QED) is 0.0289. The monoisotopic (exact) mass is 687 g/mol. The minimum atomic E-state index is -4.37. The van der Waals surface area contributed by atoms with E-state index in [0.29, 0.717) is 6.42 Å². The van der Waals surface area contributed by atoms with E-state index in [1.807, 2.05) is 0 Å². The predicted molar refractivity (Wildman–Crippen MR) is 192 cm³/mol. The molecule has 0 aliphatic carbocycles. The molecule has 0 amide bonds. The zero-order valence-electron chi connectivity index (χ0n) is 30.0. The van der Waals surface area contributed by atoms with Crippen molar-refractivity contribution in [3.63, 3.8) is 0 Å². The molecule has 0 aliphatic heterocycles. The molecule has 47 heavy (non-hydrogen) atoms. The topological polar surface area (TPSA) is 134 Å². The Morgan fingerprint density at radius 1 is 0.617 bits per heavy atom. The van der Waals surface area contributed by atoms with Crippen molar-refractivity contribution >= 4 is 19.8 Å². The maximum atomic E-state index is 12.5. The Kier molecular flexibility index (Phi) is 33.3. The summed E-state index contributed by atoms with van der Waals surface area (Å²) in [5, 5.41) is 0. The average Bonchev–Trinajstić information content (AvgIpc) is 3.05. The predicted octanol–water partition coefficient (Wildman–Crippen LogP) is 10.0. The number of carbonyl (C=O) groups is 2. The van der Waals surface area contributed by atoms with Gasteiger partial charge in [0.25, 0.3) is 0 Å². The number of hydrogen-bond donors (Lipinski definition) is 2. The van der Waals surface area contributed by atoms with Gasteiger partial charge in [-0.1, -0.05) is 122 Å². The third-order valence-electron chi connectivity index (χ3n) is 7.81. The van der Waals surface area contributed by atoms with E-state index in [1.165, 1.54) is 64.2 Å². The molecule has 10 heteroatoms. The van der Waals surface area contributed by atoms with Crippen LogP contribution >= 0.6 is 7.82 Å². The SMILES string of the molecule is CCCC/C=C/CCCCCCCC(=O)OC[C@H](COP(=O)(O)OCCN)OC(=O)CCCCC/C=C/CCCCCCCCCC. The second-order valence-electron chi connectivity index (χ2n) is 12.4. The van der Waals surface area contributed by atoms with Gasteiger partial charge in [0, 0.05) is 19.4 Å². The van der Waals surface area contributed by atoms with Crippen molar-refractivity contribution < 1.29 is 37.6 Å². The number of carbonyl (C=O) groups excluding carboxylic acids is 2. The molecule has 0 bridgehead atoms. The summed E-state index contributed by atoms with van der Waals surface area (Å²) in [6.07, 6.45) is 33.5. The van der Waals surface area contributed by atoms with Crippen LogP contribution in [0.4, 0.5) is 0 Å². The molecule has 0 radical (unpaired) electrons. The summed E-state index contributed by atoms with van der Waals surface area (Å²) in [5.41, 5.74) is 5.32. The molecule has 3 N–H and O–H groups in total. The fraction of sp³-hybridized carbons (Fsp3) is 0.838. The van der Waals surface area contributed by atoms with Crippen LogP contribution in [0.3, 0.4) is 0 Å². The summed E-state index contributed by atoms with van der Waals surface area (Å²) in [6.45, 7) is 3.65. The van der Waals surface area contributed by atoms with Crippen molar-refractivity contribution in [1.29, 1.82) is 0 Å². The second kappa shape index (κ2) is 34.4. The molecule has 0 saturated carbocycles. The van der Waals surface area contributed by atoms with Crippen molar-refractivity contribution in [2.45, 2.75) is 174 Å². The highest BCUT2D eigenvalue weighted by atomic mass is 31.2. The summed E-state index contributed by atoms with van der Waals surface area (Å²) in [7, 11) is -4.37. The maximum Gasteiger partial charge on any atom is 0.472 e. The Labute approximate surface area is 287 Å². The molecule has 276 valence electrons. The van der Waals surface area contributed by atoms with Gasteiger partial charge in [-0.3, -0.25) is 18.6 Å². The van der Waals surface area contributed by atoms with E-state index >= 15 is 0 Å². The van der Waals surface area contributed by atoms with Crippen molar-refractivity contribution in [2.24, 2.45) is 5.73 Å². The van der Waals surface area contributed by atoms with E-state index < -0.39 is 32.5 Å². The van der Waals surface area contributed by atoms with Crippen LogP contribution in [-0.4, -0.2) is 49.3 Å². The summed E-state index contributed by atoms with van der Waals surface area (Å²) in [6, 6.07) is 0. The zero-order chi connectivity index (χ0) is 34.7. The summed E-state index contributed by atoms with van der Waals surface area (Å²) < 4.78 is 32.6. The third-order valence-corrected chi connectivity index (χ3v) is 8.79. The van der Waals surface area contributed by atoms with Crippen molar-refractivity contribution in [3.05, 3.63) is 24.3 Å². The van der Waals surface area contributed by atoms with Gasteiger partial charge in [0.2, 0.25) is 0 Å². The van der Waals surface area contributed by atoms with E-state index in [-0.39, 0.29) is 32.6 Å². The Balaban J connectivity index is 4.26. The van der Waals surface area contributed by atoms with Gasteiger partial charge in [-0.15, -0.1) is 0 Å². The Morgan fingerprint density at radius 2 is 1.06 bits per heavy atom. The second-order valence-corrected chi connectivity index (χ2v) is 13.9. The first kappa shape index (κ1) is 45.5. The average molecular weight is 688 g/mol. The van der Waals surface area contributed by atoms with Gasteiger partial charge in [-0.25, -0.2) is 4.57 Å². The van der Waals surface area contributed by atoms with Gasteiger partial charge < -0.3 is 20.1 Å². The fourth-order valence-electron chi connectivity index (χ4n) is 4.96. The van der Waals surface area contributed by atoms with Crippen LogP contribution < -0.4 is 5.73 Å². The lowest BCUT2D eigenvalue weighted by Gasteiger charge is -2.19. The molecule has 0 aliphatic rings. The Bertz CT molecular complexity index is 835.